The molecule has 7 heteroatoms. The maximum Gasteiger partial charge on any atom is 0.321 e. The van der Waals surface area contributed by atoms with E-state index in [9.17, 15) is 13.2 Å². The molecule has 0 saturated heterocycles. The summed E-state index contributed by atoms with van der Waals surface area (Å²) in [7, 11) is -3.66. The first-order valence-electron chi connectivity index (χ1n) is 6.33. The van der Waals surface area contributed by atoms with Crippen molar-refractivity contribution < 1.29 is 17.9 Å². The minimum Gasteiger partial charge on any atom is -0.465 e. The summed E-state index contributed by atoms with van der Waals surface area (Å²) < 4.78 is 31.9. The van der Waals surface area contributed by atoms with Crippen LogP contribution in [0.1, 0.15) is 20.3 Å². The quantitative estimate of drug-likeness (QED) is 0.510. The van der Waals surface area contributed by atoms with E-state index in [0.717, 1.165) is 7.88 Å². The Morgan fingerprint density at radius 1 is 1.25 bits per heavy atom. The van der Waals surface area contributed by atoms with Gasteiger partial charge in [-0.2, -0.15) is 4.31 Å². The Labute approximate surface area is 133 Å². The molecular formula is C13H18INO4S. The Kier molecular flexibility index (Phi) is 6.90. The molecule has 0 bridgehead atoms. The predicted octanol–water partition coefficient (Wildman–Crippen LogP) is 2.25. The zero-order valence-corrected chi connectivity index (χ0v) is 14.5. The molecular weight excluding hydrogens is 393 g/mol. The molecule has 1 aromatic rings. The summed E-state index contributed by atoms with van der Waals surface area (Å²) in [6, 6.07) is 6.54. The Bertz CT molecular complexity index is 542. The van der Waals surface area contributed by atoms with Crippen LogP contribution in [-0.2, 0) is 19.6 Å². The lowest BCUT2D eigenvalue weighted by Gasteiger charge is -2.20. The number of halogens is 1. The van der Waals surface area contributed by atoms with Crippen LogP contribution in [0.15, 0.2) is 29.2 Å². The second kappa shape index (κ2) is 7.94. The van der Waals surface area contributed by atoms with Crippen LogP contribution in [0.2, 0.25) is 0 Å². The monoisotopic (exact) mass is 411 g/mol. The number of carbonyl (C=O) groups is 1. The molecule has 0 aromatic heterocycles. The maximum atomic E-state index is 12.5. The smallest absolute Gasteiger partial charge is 0.321 e. The average molecular weight is 411 g/mol. The van der Waals surface area contributed by atoms with Crippen LogP contribution in [0, 0.1) is 3.57 Å². The zero-order chi connectivity index (χ0) is 15.2. The zero-order valence-electron chi connectivity index (χ0n) is 11.5. The highest BCUT2D eigenvalue weighted by Crippen LogP contribution is 2.17. The van der Waals surface area contributed by atoms with Crippen LogP contribution in [0.4, 0.5) is 0 Å². The Morgan fingerprint density at radius 3 is 2.35 bits per heavy atom. The lowest BCUT2D eigenvalue weighted by Crippen LogP contribution is -2.37. The molecule has 0 aliphatic rings. The van der Waals surface area contributed by atoms with E-state index in [1.807, 2.05) is 6.92 Å². The third-order valence-corrected chi connectivity index (χ3v) is 5.11. The van der Waals surface area contributed by atoms with Crippen molar-refractivity contribution in [2.45, 2.75) is 25.2 Å². The van der Waals surface area contributed by atoms with Crippen LogP contribution in [0.25, 0.3) is 0 Å². The van der Waals surface area contributed by atoms with Gasteiger partial charge in [-0.1, -0.05) is 6.92 Å². The van der Waals surface area contributed by atoms with Crippen LogP contribution >= 0.6 is 22.6 Å². The second-order valence-corrected chi connectivity index (χ2v) is 7.28. The fourth-order valence-electron chi connectivity index (χ4n) is 1.64. The molecule has 0 radical (unpaired) electrons. The molecule has 112 valence electrons. The van der Waals surface area contributed by atoms with E-state index in [1.165, 1.54) is 0 Å². The minimum atomic E-state index is -3.66. The highest BCUT2D eigenvalue weighted by Gasteiger charge is 2.26. The molecule has 1 rings (SSSR count). The standard InChI is InChI=1S/C13H18INO4S/c1-3-9-15(10-13(16)19-4-2)20(17,18)12-7-5-11(14)6-8-12/h5-8H,3-4,9-10H2,1-2H3. The number of ether oxygens (including phenoxy) is 1. The van der Waals surface area contributed by atoms with Crippen molar-refractivity contribution in [1.82, 2.24) is 4.31 Å². The molecule has 0 unspecified atom stereocenters. The third kappa shape index (κ3) is 4.71. The number of rotatable bonds is 7. The van der Waals surface area contributed by atoms with Crippen LogP contribution in [0.3, 0.4) is 0 Å². The van der Waals surface area contributed by atoms with Gasteiger partial charge in [-0.05, 0) is 60.2 Å². The van der Waals surface area contributed by atoms with E-state index in [0.29, 0.717) is 6.42 Å². The van der Waals surface area contributed by atoms with Crippen molar-refractivity contribution in [2.24, 2.45) is 0 Å². The fraction of sp³-hybridized carbons (Fsp3) is 0.462. The summed E-state index contributed by atoms with van der Waals surface area (Å²) in [6.45, 7) is 3.82. The van der Waals surface area contributed by atoms with Crippen molar-refractivity contribution in [3.63, 3.8) is 0 Å². The van der Waals surface area contributed by atoms with Crippen LogP contribution < -0.4 is 0 Å². The SMILES string of the molecule is CCCN(CC(=O)OCC)S(=O)(=O)c1ccc(I)cc1. The third-order valence-electron chi connectivity index (χ3n) is 2.54. The van der Waals surface area contributed by atoms with E-state index in [2.05, 4.69) is 22.6 Å². The molecule has 0 fully saturated rings. The Morgan fingerprint density at radius 2 is 1.85 bits per heavy atom. The summed E-state index contributed by atoms with van der Waals surface area (Å²) in [4.78, 5) is 11.7. The summed E-state index contributed by atoms with van der Waals surface area (Å²) in [5.41, 5.74) is 0. The summed E-state index contributed by atoms with van der Waals surface area (Å²) in [6.07, 6.45) is 0.628. The lowest BCUT2D eigenvalue weighted by atomic mass is 10.4. The number of benzene rings is 1. The van der Waals surface area contributed by atoms with E-state index in [-0.39, 0.29) is 24.6 Å². The number of hydrogen-bond acceptors (Lipinski definition) is 4. The van der Waals surface area contributed by atoms with E-state index in [4.69, 9.17) is 4.74 Å². The lowest BCUT2D eigenvalue weighted by molar-refractivity contribution is -0.143. The molecule has 0 aliphatic heterocycles. The van der Waals surface area contributed by atoms with Crippen molar-refractivity contribution in [1.29, 1.82) is 0 Å². The molecule has 0 heterocycles. The van der Waals surface area contributed by atoms with Gasteiger partial charge in [-0.25, -0.2) is 8.42 Å². The van der Waals surface area contributed by atoms with Gasteiger partial charge in [0.15, 0.2) is 0 Å². The average Bonchev–Trinajstić information content (AvgIpc) is 2.39. The molecule has 0 N–H and O–H groups in total. The first-order valence-corrected chi connectivity index (χ1v) is 8.85. The Hall–Kier alpha value is -0.670. The highest BCUT2D eigenvalue weighted by atomic mass is 127. The van der Waals surface area contributed by atoms with Crippen molar-refractivity contribution in [2.75, 3.05) is 19.7 Å². The predicted molar refractivity (Wildman–Crippen MR) is 84.8 cm³/mol. The fourth-order valence-corrected chi connectivity index (χ4v) is 3.48. The van der Waals surface area contributed by atoms with Gasteiger partial charge in [0.1, 0.15) is 6.54 Å². The first kappa shape index (κ1) is 17.4. The number of hydrogen-bond donors (Lipinski definition) is 0. The summed E-state index contributed by atoms with van der Waals surface area (Å²) >= 11 is 2.11. The molecule has 5 nitrogen and oxygen atoms in total. The van der Waals surface area contributed by atoms with Gasteiger partial charge >= 0.3 is 5.97 Å². The second-order valence-electron chi connectivity index (χ2n) is 4.10. The maximum absolute atomic E-state index is 12.5. The summed E-state index contributed by atoms with van der Waals surface area (Å²) in [5.74, 6) is -0.532. The Balaban J connectivity index is 2.99. The van der Waals surface area contributed by atoms with Gasteiger partial charge in [0.05, 0.1) is 11.5 Å². The van der Waals surface area contributed by atoms with Crippen LogP contribution in [-0.4, -0.2) is 38.4 Å². The number of sulfonamides is 1. The number of carbonyl (C=O) groups excluding carboxylic acids is 1. The number of nitrogens with zero attached hydrogens (tertiary/aromatic N) is 1. The molecule has 0 atom stereocenters. The highest BCUT2D eigenvalue weighted by molar-refractivity contribution is 14.1. The summed E-state index contributed by atoms with van der Waals surface area (Å²) in [5, 5.41) is 0. The largest absolute Gasteiger partial charge is 0.465 e. The van der Waals surface area contributed by atoms with Crippen LogP contribution in [0.5, 0.6) is 0 Å². The van der Waals surface area contributed by atoms with E-state index >= 15 is 0 Å². The van der Waals surface area contributed by atoms with Crippen molar-refractivity contribution in [3.05, 3.63) is 27.8 Å². The van der Waals surface area contributed by atoms with E-state index in [1.54, 1.807) is 31.2 Å². The van der Waals surface area contributed by atoms with Gasteiger partial charge in [0.2, 0.25) is 10.0 Å². The van der Waals surface area contributed by atoms with Gasteiger partial charge in [-0.15, -0.1) is 0 Å². The van der Waals surface area contributed by atoms with Gasteiger partial charge in [0, 0.05) is 10.1 Å². The molecule has 0 spiro atoms. The minimum absolute atomic E-state index is 0.190. The van der Waals surface area contributed by atoms with Gasteiger partial charge in [0.25, 0.3) is 0 Å². The van der Waals surface area contributed by atoms with Crippen molar-refractivity contribution >= 4 is 38.6 Å². The van der Waals surface area contributed by atoms with Crippen molar-refractivity contribution in [3.8, 4) is 0 Å². The molecule has 20 heavy (non-hydrogen) atoms. The first-order chi connectivity index (χ1) is 9.41. The van der Waals surface area contributed by atoms with E-state index < -0.39 is 16.0 Å². The molecule has 0 amide bonds. The molecule has 0 saturated carbocycles. The molecule has 1 aromatic carbocycles. The van der Waals surface area contributed by atoms with Gasteiger partial charge in [-0.3, -0.25) is 4.79 Å². The topological polar surface area (TPSA) is 63.7 Å². The molecule has 0 aliphatic carbocycles. The normalized spacial score (nSPS) is 11.6. The van der Waals surface area contributed by atoms with Gasteiger partial charge < -0.3 is 4.74 Å². The number of esters is 1.